The molecule has 6 heteroatoms. The van der Waals surface area contributed by atoms with Crippen LogP contribution in [0.1, 0.15) is 36.6 Å². The number of aromatic nitrogens is 2. The van der Waals surface area contributed by atoms with E-state index in [4.69, 9.17) is 10.5 Å². The highest BCUT2D eigenvalue weighted by Gasteiger charge is 2.24. The average Bonchev–Trinajstić information content (AvgIpc) is 2.71. The van der Waals surface area contributed by atoms with E-state index in [0.717, 1.165) is 30.2 Å². The number of rotatable bonds is 5. The minimum Gasteiger partial charge on any atom is -0.481 e. The fourth-order valence-corrected chi connectivity index (χ4v) is 2.78. The van der Waals surface area contributed by atoms with Crippen LogP contribution >= 0.6 is 0 Å². The highest BCUT2D eigenvalue weighted by Crippen LogP contribution is 2.28. The summed E-state index contributed by atoms with van der Waals surface area (Å²) >= 11 is 0. The first-order valence-corrected chi connectivity index (χ1v) is 6.96. The molecule has 0 aliphatic carbocycles. The van der Waals surface area contributed by atoms with Gasteiger partial charge in [0.05, 0.1) is 24.4 Å². The molecule has 0 aromatic carbocycles. The molecule has 0 amide bonds. The molecule has 108 valence electrons. The van der Waals surface area contributed by atoms with Crippen molar-refractivity contribution in [2.24, 2.45) is 12.8 Å². The second-order valence-electron chi connectivity index (χ2n) is 5.10. The van der Waals surface area contributed by atoms with Crippen molar-refractivity contribution in [1.29, 1.82) is 0 Å². The van der Waals surface area contributed by atoms with Gasteiger partial charge in [-0.2, -0.15) is 5.10 Å². The number of methoxy groups -OCH3 is 1. The van der Waals surface area contributed by atoms with Crippen molar-refractivity contribution in [3.05, 3.63) is 11.3 Å². The second kappa shape index (κ2) is 6.36. The number of hydrazine groups is 1. The molecule has 0 bridgehead atoms. The SMILES string of the molecule is COc1c(C(CN)NN2CCCCC2)c(C)nn1C. The quantitative estimate of drug-likeness (QED) is 0.823. The Bertz CT molecular complexity index is 411. The summed E-state index contributed by atoms with van der Waals surface area (Å²) in [5.41, 5.74) is 11.5. The Morgan fingerprint density at radius 3 is 2.63 bits per heavy atom. The Kier molecular flexibility index (Phi) is 4.79. The second-order valence-corrected chi connectivity index (χ2v) is 5.10. The number of aryl methyl sites for hydroxylation is 2. The van der Waals surface area contributed by atoms with Gasteiger partial charge in [0.15, 0.2) is 0 Å². The summed E-state index contributed by atoms with van der Waals surface area (Å²) in [5, 5.41) is 6.69. The molecule has 1 aliphatic rings. The van der Waals surface area contributed by atoms with Gasteiger partial charge in [0.25, 0.3) is 0 Å². The zero-order chi connectivity index (χ0) is 13.8. The van der Waals surface area contributed by atoms with Crippen LogP contribution in [0.2, 0.25) is 0 Å². The van der Waals surface area contributed by atoms with E-state index in [9.17, 15) is 0 Å². The van der Waals surface area contributed by atoms with E-state index in [0.29, 0.717) is 6.54 Å². The summed E-state index contributed by atoms with van der Waals surface area (Å²) in [6.07, 6.45) is 3.81. The highest BCUT2D eigenvalue weighted by atomic mass is 16.5. The van der Waals surface area contributed by atoms with Crippen molar-refractivity contribution >= 4 is 0 Å². The number of hydrogen-bond acceptors (Lipinski definition) is 5. The smallest absolute Gasteiger partial charge is 0.216 e. The normalized spacial score (nSPS) is 18.5. The number of hydrogen-bond donors (Lipinski definition) is 2. The molecular weight excluding hydrogens is 242 g/mol. The number of nitrogens with two attached hydrogens (primary N) is 1. The molecule has 1 aliphatic heterocycles. The third-order valence-corrected chi connectivity index (χ3v) is 3.69. The maximum Gasteiger partial charge on any atom is 0.216 e. The fourth-order valence-electron chi connectivity index (χ4n) is 2.78. The molecule has 3 N–H and O–H groups in total. The van der Waals surface area contributed by atoms with Crippen molar-refractivity contribution in [1.82, 2.24) is 20.2 Å². The zero-order valence-electron chi connectivity index (χ0n) is 12.1. The monoisotopic (exact) mass is 267 g/mol. The summed E-state index contributed by atoms with van der Waals surface area (Å²) < 4.78 is 7.22. The number of ether oxygens (including phenoxy) is 1. The van der Waals surface area contributed by atoms with Gasteiger partial charge in [-0.1, -0.05) is 6.42 Å². The minimum absolute atomic E-state index is 0.0572. The van der Waals surface area contributed by atoms with Gasteiger partial charge in [0.2, 0.25) is 5.88 Å². The average molecular weight is 267 g/mol. The highest BCUT2D eigenvalue weighted by molar-refractivity contribution is 5.34. The number of nitrogens with zero attached hydrogens (tertiary/aromatic N) is 3. The number of piperidine rings is 1. The summed E-state index contributed by atoms with van der Waals surface area (Å²) in [7, 11) is 3.57. The fraction of sp³-hybridized carbons (Fsp3) is 0.769. The van der Waals surface area contributed by atoms with Crippen LogP contribution in [0.5, 0.6) is 5.88 Å². The van der Waals surface area contributed by atoms with Crippen LogP contribution in [-0.2, 0) is 7.05 Å². The first-order valence-electron chi connectivity index (χ1n) is 6.96. The lowest BCUT2D eigenvalue weighted by atomic mass is 10.1. The molecular formula is C13H25N5O. The summed E-state index contributed by atoms with van der Waals surface area (Å²) in [5.74, 6) is 0.789. The lowest BCUT2D eigenvalue weighted by Crippen LogP contribution is -2.45. The predicted octanol–water partition coefficient (Wildman–Crippen LogP) is 0.727. The van der Waals surface area contributed by atoms with Crippen molar-refractivity contribution in [2.75, 3.05) is 26.7 Å². The van der Waals surface area contributed by atoms with Gasteiger partial charge in [0.1, 0.15) is 0 Å². The van der Waals surface area contributed by atoms with Gasteiger partial charge >= 0.3 is 0 Å². The number of nitrogens with one attached hydrogen (secondary N) is 1. The molecule has 1 aromatic heterocycles. The van der Waals surface area contributed by atoms with E-state index >= 15 is 0 Å². The lowest BCUT2D eigenvalue weighted by molar-refractivity contribution is 0.129. The molecule has 1 unspecified atom stereocenters. The van der Waals surface area contributed by atoms with E-state index in [1.165, 1.54) is 19.3 Å². The third-order valence-electron chi connectivity index (χ3n) is 3.69. The third kappa shape index (κ3) is 3.08. The van der Waals surface area contributed by atoms with E-state index in [2.05, 4.69) is 15.5 Å². The Morgan fingerprint density at radius 2 is 2.05 bits per heavy atom. The Balaban J connectivity index is 2.16. The lowest BCUT2D eigenvalue weighted by Gasteiger charge is -2.31. The molecule has 1 aromatic rings. The molecule has 1 fully saturated rings. The Labute approximate surface area is 114 Å². The van der Waals surface area contributed by atoms with Gasteiger partial charge < -0.3 is 10.5 Å². The summed E-state index contributed by atoms with van der Waals surface area (Å²) in [6, 6.07) is 0.0572. The molecule has 6 nitrogen and oxygen atoms in total. The largest absolute Gasteiger partial charge is 0.481 e. The van der Waals surface area contributed by atoms with Gasteiger partial charge in [-0.25, -0.2) is 15.1 Å². The van der Waals surface area contributed by atoms with E-state index in [1.807, 2.05) is 14.0 Å². The van der Waals surface area contributed by atoms with E-state index < -0.39 is 0 Å². The maximum atomic E-state index is 5.94. The maximum absolute atomic E-state index is 5.94. The molecule has 0 saturated carbocycles. The Hall–Kier alpha value is -1.11. The first-order chi connectivity index (χ1) is 9.17. The first kappa shape index (κ1) is 14.3. The summed E-state index contributed by atoms with van der Waals surface area (Å²) in [6.45, 7) is 4.69. The van der Waals surface area contributed by atoms with Crippen LogP contribution in [0.25, 0.3) is 0 Å². The van der Waals surface area contributed by atoms with Crippen molar-refractivity contribution in [3.63, 3.8) is 0 Å². The molecule has 19 heavy (non-hydrogen) atoms. The van der Waals surface area contributed by atoms with Gasteiger partial charge in [-0.3, -0.25) is 0 Å². The van der Waals surface area contributed by atoms with Gasteiger partial charge in [-0.05, 0) is 19.8 Å². The summed E-state index contributed by atoms with van der Waals surface area (Å²) in [4.78, 5) is 0. The molecule has 2 rings (SSSR count). The molecule has 1 saturated heterocycles. The van der Waals surface area contributed by atoms with Crippen molar-refractivity contribution in [2.45, 2.75) is 32.2 Å². The van der Waals surface area contributed by atoms with E-state index in [1.54, 1.807) is 11.8 Å². The van der Waals surface area contributed by atoms with Crippen LogP contribution in [-0.4, -0.2) is 41.5 Å². The van der Waals surface area contributed by atoms with E-state index in [-0.39, 0.29) is 6.04 Å². The predicted molar refractivity (Wildman–Crippen MR) is 74.9 cm³/mol. The van der Waals surface area contributed by atoms with Crippen LogP contribution < -0.4 is 15.9 Å². The van der Waals surface area contributed by atoms with Crippen molar-refractivity contribution < 1.29 is 4.74 Å². The topological polar surface area (TPSA) is 68.3 Å². The minimum atomic E-state index is 0.0572. The van der Waals surface area contributed by atoms with Gasteiger partial charge in [-0.15, -0.1) is 0 Å². The van der Waals surface area contributed by atoms with Crippen LogP contribution in [0.3, 0.4) is 0 Å². The molecule has 1 atom stereocenters. The van der Waals surface area contributed by atoms with Crippen LogP contribution in [0, 0.1) is 6.92 Å². The zero-order valence-corrected chi connectivity index (χ0v) is 12.1. The van der Waals surface area contributed by atoms with Crippen LogP contribution in [0.15, 0.2) is 0 Å². The Morgan fingerprint density at radius 1 is 1.37 bits per heavy atom. The molecule has 0 spiro atoms. The van der Waals surface area contributed by atoms with Gasteiger partial charge in [0, 0.05) is 26.7 Å². The standard InChI is InChI=1S/C13H25N5O/c1-10-12(13(19-3)17(2)15-10)11(9-14)16-18-7-5-4-6-8-18/h11,16H,4-9,14H2,1-3H3. The molecule has 0 radical (unpaired) electrons. The molecule has 2 heterocycles. The van der Waals surface area contributed by atoms with Crippen LogP contribution in [0.4, 0.5) is 0 Å². The van der Waals surface area contributed by atoms with Crippen molar-refractivity contribution in [3.8, 4) is 5.88 Å².